The highest BCUT2D eigenvalue weighted by Crippen LogP contribution is 2.19. The Hall–Kier alpha value is -1.59. The van der Waals surface area contributed by atoms with Gasteiger partial charge in [-0.2, -0.15) is 0 Å². The zero-order valence-electron chi connectivity index (χ0n) is 14.0. The maximum atomic E-state index is 5.11. The van der Waals surface area contributed by atoms with Crippen molar-refractivity contribution >= 4 is 16.7 Å². The van der Waals surface area contributed by atoms with Crippen LogP contribution in [0.5, 0.6) is 0 Å². The molecule has 0 atom stereocenters. The highest BCUT2D eigenvalue weighted by Gasteiger charge is 2.05. The Bertz CT molecular complexity index is 470. The number of nitrogens with one attached hydrogen (secondary N) is 1. The van der Waals surface area contributed by atoms with Gasteiger partial charge in [0.2, 0.25) is 0 Å². The lowest BCUT2D eigenvalue weighted by molar-refractivity contribution is 0.205. The molecule has 0 fully saturated rings. The molecule has 2 rings (SSSR count). The van der Waals surface area contributed by atoms with Crippen LogP contribution in [-0.2, 0) is 4.74 Å². The zero-order valence-corrected chi connectivity index (χ0v) is 14.0. The molecule has 0 aliphatic carbocycles. The first kappa shape index (κ1) is 19.4. The molecule has 0 saturated heterocycles. The molecule has 0 radical (unpaired) electrons. The van der Waals surface area contributed by atoms with Gasteiger partial charge in [-0.3, -0.25) is 0 Å². The van der Waals surface area contributed by atoms with Gasteiger partial charge in [0.1, 0.15) is 0 Å². The van der Waals surface area contributed by atoms with E-state index in [-0.39, 0.29) is 0 Å². The van der Waals surface area contributed by atoms with Gasteiger partial charge in [0, 0.05) is 25.9 Å². The molecule has 0 bridgehead atoms. The molecular formula is C16H30N4O. The van der Waals surface area contributed by atoms with E-state index in [0.717, 1.165) is 37.3 Å². The van der Waals surface area contributed by atoms with Crippen molar-refractivity contribution in [2.45, 2.75) is 27.7 Å². The number of fused-ring (bicyclic) bond motifs is 1. The lowest BCUT2D eigenvalue weighted by Crippen LogP contribution is -2.26. The fraction of sp³-hybridized carbons (Fsp3) is 0.562. The molecular weight excluding hydrogens is 264 g/mol. The SMILES string of the molecule is CC.CCN.CCN(CCOC)c1ccc2nc[nH]c2c1. The number of hydrogen-bond donors (Lipinski definition) is 2. The lowest BCUT2D eigenvalue weighted by atomic mass is 10.2. The van der Waals surface area contributed by atoms with Gasteiger partial charge in [0.05, 0.1) is 24.0 Å². The summed E-state index contributed by atoms with van der Waals surface area (Å²) in [5, 5.41) is 0. The van der Waals surface area contributed by atoms with Crippen molar-refractivity contribution in [1.29, 1.82) is 0 Å². The van der Waals surface area contributed by atoms with Gasteiger partial charge < -0.3 is 20.4 Å². The molecule has 0 aliphatic rings. The Kier molecular flexibility index (Phi) is 11.3. The number of anilines is 1. The number of methoxy groups -OCH3 is 1. The van der Waals surface area contributed by atoms with Crippen LogP contribution >= 0.6 is 0 Å². The van der Waals surface area contributed by atoms with Crippen LogP contribution in [0.3, 0.4) is 0 Å². The Morgan fingerprint density at radius 3 is 2.52 bits per heavy atom. The summed E-state index contributed by atoms with van der Waals surface area (Å²) in [7, 11) is 1.73. The van der Waals surface area contributed by atoms with E-state index in [0.29, 0.717) is 0 Å². The van der Waals surface area contributed by atoms with E-state index in [9.17, 15) is 0 Å². The van der Waals surface area contributed by atoms with E-state index in [1.54, 1.807) is 13.4 Å². The molecule has 1 heterocycles. The number of aromatic amines is 1. The van der Waals surface area contributed by atoms with E-state index in [1.807, 2.05) is 26.8 Å². The largest absolute Gasteiger partial charge is 0.383 e. The number of hydrogen-bond acceptors (Lipinski definition) is 4. The average molecular weight is 294 g/mol. The minimum Gasteiger partial charge on any atom is -0.383 e. The minimum absolute atomic E-state index is 0.745. The van der Waals surface area contributed by atoms with E-state index in [4.69, 9.17) is 10.5 Å². The molecule has 2 aromatic rings. The second kappa shape index (κ2) is 12.2. The molecule has 0 amide bonds. The van der Waals surface area contributed by atoms with Gasteiger partial charge in [0.25, 0.3) is 0 Å². The summed E-state index contributed by atoms with van der Waals surface area (Å²) in [5.41, 5.74) is 8.14. The van der Waals surface area contributed by atoms with Crippen LogP contribution in [0.4, 0.5) is 5.69 Å². The summed E-state index contributed by atoms with van der Waals surface area (Å²) in [6.45, 7) is 11.4. The normalized spacial score (nSPS) is 9.43. The molecule has 21 heavy (non-hydrogen) atoms. The molecule has 3 N–H and O–H groups in total. The van der Waals surface area contributed by atoms with Gasteiger partial charge in [-0.1, -0.05) is 20.8 Å². The summed E-state index contributed by atoms with van der Waals surface area (Å²) >= 11 is 0. The average Bonchev–Trinajstić information content (AvgIpc) is 2.98. The van der Waals surface area contributed by atoms with Crippen LogP contribution in [0.1, 0.15) is 27.7 Å². The van der Waals surface area contributed by atoms with E-state index in [2.05, 4.69) is 33.9 Å². The van der Waals surface area contributed by atoms with Crippen molar-refractivity contribution in [2.75, 3.05) is 38.3 Å². The van der Waals surface area contributed by atoms with Crippen molar-refractivity contribution in [3.8, 4) is 0 Å². The molecule has 0 spiro atoms. The number of H-pyrrole nitrogens is 1. The first-order valence-corrected chi connectivity index (χ1v) is 7.63. The molecule has 1 aromatic carbocycles. The zero-order chi connectivity index (χ0) is 16.1. The van der Waals surface area contributed by atoms with Crippen molar-refractivity contribution in [2.24, 2.45) is 5.73 Å². The van der Waals surface area contributed by atoms with Gasteiger partial charge in [-0.15, -0.1) is 0 Å². The summed E-state index contributed by atoms with van der Waals surface area (Å²) in [6, 6.07) is 6.26. The number of likely N-dealkylation sites (N-methyl/N-ethyl adjacent to an activating group) is 1. The van der Waals surface area contributed by atoms with Crippen molar-refractivity contribution in [3.63, 3.8) is 0 Å². The van der Waals surface area contributed by atoms with E-state index in [1.165, 1.54) is 5.69 Å². The number of rotatable bonds is 5. The standard InChI is InChI=1S/C12H17N3O.C2H7N.C2H6/c1-3-15(6-7-16-2)10-4-5-11-12(8-10)14-9-13-11;1-2-3;1-2/h4-5,8-9H,3,6-7H2,1-2H3,(H,13,14);2-3H2,1H3;1-2H3. The van der Waals surface area contributed by atoms with Gasteiger partial charge in [0.15, 0.2) is 0 Å². The first-order chi connectivity index (χ1) is 10.3. The number of ether oxygens (including phenoxy) is 1. The van der Waals surface area contributed by atoms with Crippen LogP contribution in [0.25, 0.3) is 11.0 Å². The monoisotopic (exact) mass is 294 g/mol. The molecule has 0 unspecified atom stereocenters. The number of nitrogens with two attached hydrogens (primary N) is 1. The van der Waals surface area contributed by atoms with E-state index < -0.39 is 0 Å². The smallest absolute Gasteiger partial charge is 0.0931 e. The number of imidazole rings is 1. The number of aromatic nitrogens is 2. The Balaban J connectivity index is 0.000000713. The highest BCUT2D eigenvalue weighted by atomic mass is 16.5. The van der Waals surface area contributed by atoms with Crippen LogP contribution < -0.4 is 10.6 Å². The maximum Gasteiger partial charge on any atom is 0.0931 e. The lowest BCUT2D eigenvalue weighted by Gasteiger charge is -2.22. The topological polar surface area (TPSA) is 67.2 Å². The third kappa shape index (κ3) is 6.60. The van der Waals surface area contributed by atoms with Gasteiger partial charge in [-0.05, 0) is 31.7 Å². The van der Waals surface area contributed by atoms with Gasteiger partial charge in [-0.25, -0.2) is 4.98 Å². The molecule has 120 valence electrons. The Morgan fingerprint density at radius 2 is 1.95 bits per heavy atom. The highest BCUT2D eigenvalue weighted by molar-refractivity contribution is 5.79. The molecule has 5 nitrogen and oxygen atoms in total. The second-order valence-electron chi connectivity index (χ2n) is 4.08. The maximum absolute atomic E-state index is 5.11. The third-order valence-corrected chi connectivity index (χ3v) is 2.72. The summed E-state index contributed by atoms with van der Waals surface area (Å²) in [4.78, 5) is 9.62. The second-order valence-corrected chi connectivity index (χ2v) is 4.08. The molecule has 0 saturated carbocycles. The first-order valence-electron chi connectivity index (χ1n) is 7.63. The van der Waals surface area contributed by atoms with Crippen molar-refractivity contribution < 1.29 is 4.74 Å². The van der Waals surface area contributed by atoms with Crippen molar-refractivity contribution in [3.05, 3.63) is 24.5 Å². The Morgan fingerprint density at radius 1 is 1.29 bits per heavy atom. The fourth-order valence-electron chi connectivity index (χ4n) is 1.79. The number of benzene rings is 1. The minimum atomic E-state index is 0.745. The van der Waals surface area contributed by atoms with E-state index >= 15 is 0 Å². The summed E-state index contributed by atoms with van der Waals surface area (Å²) in [6.07, 6.45) is 1.72. The van der Waals surface area contributed by atoms with Crippen LogP contribution in [-0.4, -0.2) is 43.3 Å². The predicted molar refractivity (Wildman–Crippen MR) is 91.9 cm³/mol. The summed E-state index contributed by atoms with van der Waals surface area (Å²) in [5.74, 6) is 0. The van der Waals surface area contributed by atoms with Crippen molar-refractivity contribution in [1.82, 2.24) is 9.97 Å². The summed E-state index contributed by atoms with van der Waals surface area (Å²) < 4.78 is 5.11. The molecule has 1 aromatic heterocycles. The van der Waals surface area contributed by atoms with Crippen LogP contribution in [0.2, 0.25) is 0 Å². The number of nitrogens with zero attached hydrogens (tertiary/aromatic N) is 2. The Labute approximate surface area is 128 Å². The van der Waals surface area contributed by atoms with Crippen LogP contribution in [0, 0.1) is 0 Å². The quantitative estimate of drug-likeness (QED) is 0.889. The fourth-order valence-corrected chi connectivity index (χ4v) is 1.79. The van der Waals surface area contributed by atoms with Gasteiger partial charge >= 0.3 is 0 Å². The predicted octanol–water partition coefficient (Wildman–Crippen LogP) is 3.03. The van der Waals surface area contributed by atoms with Crippen LogP contribution in [0.15, 0.2) is 24.5 Å². The molecule has 0 aliphatic heterocycles. The third-order valence-electron chi connectivity index (χ3n) is 2.72. The molecule has 5 heteroatoms.